The molecule has 0 unspecified atom stereocenters. The summed E-state index contributed by atoms with van der Waals surface area (Å²) in [4.78, 5) is 0. The molecule has 1 aromatic heterocycles. The third-order valence-electron chi connectivity index (χ3n) is 1.09. The Morgan fingerprint density at radius 3 is 3.11 bits per heavy atom. The predicted molar refractivity (Wildman–Crippen MR) is 43.6 cm³/mol. The van der Waals surface area contributed by atoms with Gasteiger partial charge in [0.25, 0.3) is 0 Å². The lowest BCUT2D eigenvalue weighted by atomic mass is 10.3. The van der Waals surface area contributed by atoms with Gasteiger partial charge in [0.05, 0.1) is 0 Å². The van der Waals surface area contributed by atoms with Crippen LogP contribution in [0.3, 0.4) is 0 Å². The minimum absolute atomic E-state index is 1.12. The van der Waals surface area contributed by atoms with Crippen LogP contribution in [0.4, 0.5) is 0 Å². The second kappa shape index (κ2) is 3.46. The van der Waals surface area contributed by atoms with Crippen molar-refractivity contribution in [2.24, 2.45) is 0 Å². The first-order valence-corrected chi connectivity index (χ1v) is 4.06. The van der Waals surface area contributed by atoms with Gasteiger partial charge in [-0.1, -0.05) is 19.1 Å². The molecule has 1 aromatic rings. The number of allylic oxidation sites excluding steroid dienone is 1. The van der Waals surface area contributed by atoms with Crippen LogP contribution in [0.1, 0.15) is 18.9 Å². The standard InChI is InChI=1S/C8H10S/c1-2-3-4-8-5-6-9-7-8/h3-7H,2H2,1H3/b4-3+. The van der Waals surface area contributed by atoms with Crippen LogP contribution in [0.5, 0.6) is 0 Å². The van der Waals surface area contributed by atoms with Crippen LogP contribution >= 0.6 is 11.3 Å². The number of thiophene rings is 1. The SMILES string of the molecule is CC/C=C/c1ccsc1. The van der Waals surface area contributed by atoms with Crippen LogP contribution in [-0.4, -0.2) is 0 Å². The van der Waals surface area contributed by atoms with E-state index in [0.717, 1.165) is 6.42 Å². The Hall–Kier alpha value is -0.560. The molecule has 0 aliphatic carbocycles. The molecule has 0 spiro atoms. The molecule has 0 atom stereocenters. The Morgan fingerprint density at radius 1 is 1.67 bits per heavy atom. The van der Waals surface area contributed by atoms with Crippen molar-refractivity contribution in [2.45, 2.75) is 13.3 Å². The van der Waals surface area contributed by atoms with E-state index in [1.807, 2.05) is 0 Å². The van der Waals surface area contributed by atoms with Crippen molar-refractivity contribution in [1.82, 2.24) is 0 Å². The average molecular weight is 138 g/mol. The third-order valence-corrected chi connectivity index (χ3v) is 1.79. The summed E-state index contributed by atoms with van der Waals surface area (Å²) in [6.07, 6.45) is 5.44. The third kappa shape index (κ3) is 2.02. The van der Waals surface area contributed by atoms with E-state index in [4.69, 9.17) is 0 Å². The molecule has 9 heavy (non-hydrogen) atoms. The molecule has 0 amide bonds. The Morgan fingerprint density at radius 2 is 2.56 bits per heavy atom. The van der Waals surface area contributed by atoms with Crippen LogP contribution in [0, 0.1) is 0 Å². The lowest BCUT2D eigenvalue weighted by Gasteiger charge is -1.78. The lowest BCUT2D eigenvalue weighted by Crippen LogP contribution is -1.57. The Labute approximate surface area is 59.8 Å². The highest BCUT2D eigenvalue weighted by Gasteiger charge is 1.81. The topological polar surface area (TPSA) is 0 Å². The van der Waals surface area contributed by atoms with Gasteiger partial charge < -0.3 is 0 Å². The van der Waals surface area contributed by atoms with E-state index in [1.54, 1.807) is 11.3 Å². The van der Waals surface area contributed by atoms with Gasteiger partial charge in [-0.05, 0) is 28.8 Å². The fourth-order valence-electron chi connectivity index (χ4n) is 0.624. The molecule has 48 valence electrons. The van der Waals surface area contributed by atoms with Gasteiger partial charge in [0.15, 0.2) is 0 Å². The van der Waals surface area contributed by atoms with Gasteiger partial charge in [0.2, 0.25) is 0 Å². The van der Waals surface area contributed by atoms with Crippen molar-refractivity contribution < 1.29 is 0 Å². The van der Waals surface area contributed by atoms with Crippen LogP contribution in [0.25, 0.3) is 6.08 Å². The zero-order valence-corrected chi connectivity index (χ0v) is 6.32. The van der Waals surface area contributed by atoms with Crippen LogP contribution in [-0.2, 0) is 0 Å². The number of hydrogen-bond acceptors (Lipinski definition) is 1. The second-order valence-corrected chi connectivity index (χ2v) is 2.65. The molecule has 1 rings (SSSR count). The maximum atomic E-state index is 2.17. The van der Waals surface area contributed by atoms with Crippen LogP contribution in [0.15, 0.2) is 22.9 Å². The smallest absolute Gasteiger partial charge is 0.00209 e. The van der Waals surface area contributed by atoms with Gasteiger partial charge in [-0.25, -0.2) is 0 Å². The maximum absolute atomic E-state index is 2.17. The van der Waals surface area contributed by atoms with Crippen molar-refractivity contribution in [3.8, 4) is 0 Å². The van der Waals surface area contributed by atoms with Gasteiger partial charge in [-0.2, -0.15) is 11.3 Å². The van der Waals surface area contributed by atoms with Gasteiger partial charge in [0, 0.05) is 0 Å². The molecule has 0 nitrogen and oxygen atoms in total. The van der Waals surface area contributed by atoms with Crippen LogP contribution < -0.4 is 0 Å². The molecule has 0 aliphatic rings. The summed E-state index contributed by atoms with van der Waals surface area (Å²) < 4.78 is 0. The summed E-state index contributed by atoms with van der Waals surface area (Å²) >= 11 is 1.74. The van der Waals surface area contributed by atoms with E-state index < -0.39 is 0 Å². The van der Waals surface area contributed by atoms with E-state index in [9.17, 15) is 0 Å². The lowest BCUT2D eigenvalue weighted by molar-refractivity contribution is 1.23. The van der Waals surface area contributed by atoms with E-state index in [1.165, 1.54) is 5.56 Å². The minimum Gasteiger partial charge on any atom is -0.152 e. The molecule has 1 heterocycles. The first-order chi connectivity index (χ1) is 4.43. The molecular weight excluding hydrogens is 128 g/mol. The zero-order valence-electron chi connectivity index (χ0n) is 5.50. The van der Waals surface area contributed by atoms with Gasteiger partial charge >= 0.3 is 0 Å². The molecule has 1 heteroatoms. The number of hydrogen-bond donors (Lipinski definition) is 0. The fourth-order valence-corrected chi connectivity index (χ4v) is 1.25. The van der Waals surface area contributed by atoms with Crippen molar-refractivity contribution in [3.05, 3.63) is 28.5 Å². The molecule has 0 aliphatic heterocycles. The summed E-state index contributed by atoms with van der Waals surface area (Å²) in [7, 11) is 0. The highest BCUT2D eigenvalue weighted by Crippen LogP contribution is 2.07. The molecule has 0 N–H and O–H groups in total. The largest absolute Gasteiger partial charge is 0.152 e. The maximum Gasteiger partial charge on any atom is -0.00209 e. The first-order valence-electron chi connectivity index (χ1n) is 3.12. The Balaban J connectivity index is 2.57. The van der Waals surface area contributed by atoms with Crippen molar-refractivity contribution in [3.63, 3.8) is 0 Å². The first kappa shape index (κ1) is 6.56. The summed E-state index contributed by atoms with van der Waals surface area (Å²) in [5, 5.41) is 4.24. The summed E-state index contributed by atoms with van der Waals surface area (Å²) in [6, 6.07) is 2.12. The van der Waals surface area contributed by atoms with E-state index in [0.29, 0.717) is 0 Å². The van der Waals surface area contributed by atoms with Crippen molar-refractivity contribution in [2.75, 3.05) is 0 Å². The molecule has 0 radical (unpaired) electrons. The highest BCUT2D eigenvalue weighted by atomic mass is 32.1. The summed E-state index contributed by atoms with van der Waals surface area (Å²) in [5.41, 5.74) is 1.32. The molecule has 0 saturated carbocycles. The van der Waals surface area contributed by atoms with E-state index >= 15 is 0 Å². The second-order valence-electron chi connectivity index (χ2n) is 1.87. The Bertz CT molecular complexity index is 172. The molecular formula is C8H10S. The molecule has 0 fully saturated rings. The predicted octanol–water partition coefficient (Wildman–Crippen LogP) is 3.17. The molecule has 0 bridgehead atoms. The highest BCUT2D eigenvalue weighted by molar-refractivity contribution is 7.08. The number of rotatable bonds is 2. The quantitative estimate of drug-likeness (QED) is 0.589. The Kier molecular flexibility index (Phi) is 2.52. The van der Waals surface area contributed by atoms with Crippen LogP contribution in [0.2, 0.25) is 0 Å². The monoisotopic (exact) mass is 138 g/mol. The van der Waals surface area contributed by atoms with Gasteiger partial charge in [0.1, 0.15) is 0 Å². The van der Waals surface area contributed by atoms with E-state index in [-0.39, 0.29) is 0 Å². The summed E-state index contributed by atoms with van der Waals surface area (Å²) in [5.74, 6) is 0. The van der Waals surface area contributed by atoms with Gasteiger partial charge in [-0.15, -0.1) is 0 Å². The molecule has 0 aromatic carbocycles. The summed E-state index contributed by atoms with van der Waals surface area (Å²) in [6.45, 7) is 2.14. The fraction of sp³-hybridized carbons (Fsp3) is 0.250. The molecule has 0 saturated heterocycles. The normalized spacial score (nSPS) is 10.8. The minimum atomic E-state index is 1.12. The average Bonchev–Trinajstić information content (AvgIpc) is 2.34. The van der Waals surface area contributed by atoms with Crippen molar-refractivity contribution in [1.29, 1.82) is 0 Å². The van der Waals surface area contributed by atoms with E-state index in [2.05, 4.69) is 35.9 Å². The van der Waals surface area contributed by atoms with Gasteiger partial charge in [-0.3, -0.25) is 0 Å². The zero-order chi connectivity index (χ0) is 6.53. The van der Waals surface area contributed by atoms with Crippen molar-refractivity contribution >= 4 is 17.4 Å².